The van der Waals surface area contributed by atoms with Crippen LogP contribution in [0.5, 0.6) is 0 Å². The van der Waals surface area contributed by atoms with Crippen LogP contribution < -0.4 is 0 Å². The highest BCUT2D eigenvalue weighted by molar-refractivity contribution is 5.82. The number of H-pyrrole nitrogens is 1. The number of nitro benzene ring substituents is 1. The minimum atomic E-state index is -0.393. The summed E-state index contributed by atoms with van der Waals surface area (Å²) in [6.45, 7) is 1.92. The maximum Gasteiger partial charge on any atom is 0.271 e. The number of nitro groups is 1. The van der Waals surface area contributed by atoms with Crippen LogP contribution in [-0.4, -0.2) is 9.91 Å². The highest BCUT2D eigenvalue weighted by atomic mass is 16.6. The molecule has 1 aromatic carbocycles. The number of hydrogen-bond donors (Lipinski definition) is 1. The number of aryl methyl sites for hydroxylation is 1. The van der Waals surface area contributed by atoms with Gasteiger partial charge in [-0.25, -0.2) is 0 Å². The van der Waals surface area contributed by atoms with Gasteiger partial charge in [0.1, 0.15) is 0 Å². The predicted octanol–water partition coefficient (Wildman–Crippen LogP) is 2.38. The van der Waals surface area contributed by atoms with Gasteiger partial charge in [0.15, 0.2) is 0 Å². The molecule has 0 radical (unpaired) electrons. The van der Waals surface area contributed by atoms with Crippen LogP contribution in [-0.2, 0) is 0 Å². The minimum absolute atomic E-state index is 0.120. The molecule has 4 heteroatoms. The SMILES string of the molecule is Cc1cc2ccc([N+](=O)[O-])cc2[nH]1. The highest BCUT2D eigenvalue weighted by Crippen LogP contribution is 2.20. The van der Waals surface area contributed by atoms with Crippen LogP contribution in [0, 0.1) is 17.0 Å². The minimum Gasteiger partial charge on any atom is -0.358 e. The number of hydrogen-bond acceptors (Lipinski definition) is 2. The van der Waals surface area contributed by atoms with Gasteiger partial charge in [0.2, 0.25) is 0 Å². The van der Waals surface area contributed by atoms with Gasteiger partial charge in [0.05, 0.1) is 10.4 Å². The second-order valence-electron chi connectivity index (χ2n) is 2.98. The zero-order valence-electron chi connectivity index (χ0n) is 7.07. The molecule has 0 spiro atoms. The molecule has 1 N–H and O–H groups in total. The lowest BCUT2D eigenvalue weighted by atomic mass is 10.2. The van der Waals surface area contributed by atoms with E-state index in [-0.39, 0.29) is 5.69 Å². The van der Waals surface area contributed by atoms with Crippen LogP contribution >= 0.6 is 0 Å². The van der Waals surface area contributed by atoms with Crippen molar-refractivity contribution in [2.75, 3.05) is 0 Å². The van der Waals surface area contributed by atoms with E-state index in [0.717, 1.165) is 16.6 Å². The molecular formula is C9H8N2O2. The molecule has 2 aromatic rings. The van der Waals surface area contributed by atoms with E-state index < -0.39 is 4.92 Å². The maximum atomic E-state index is 10.4. The fraction of sp³-hybridized carbons (Fsp3) is 0.111. The Bertz CT molecular complexity index is 473. The summed E-state index contributed by atoms with van der Waals surface area (Å²) in [6, 6.07) is 6.76. The molecule has 0 unspecified atom stereocenters. The van der Waals surface area contributed by atoms with Crippen molar-refractivity contribution in [1.29, 1.82) is 0 Å². The van der Waals surface area contributed by atoms with E-state index in [0.29, 0.717) is 0 Å². The molecule has 0 atom stereocenters. The second kappa shape index (κ2) is 2.58. The number of aromatic nitrogens is 1. The van der Waals surface area contributed by atoms with Crippen molar-refractivity contribution >= 4 is 16.6 Å². The van der Waals surface area contributed by atoms with Crippen molar-refractivity contribution < 1.29 is 4.92 Å². The molecule has 0 bridgehead atoms. The van der Waals surface area contributed by atoms with Crippen LogP contribution in [0.1, 0.15) is 5.69 Å². The van der Waals surface area contributed by atoms with E-state index in [1.54, 1.807) is 12.1 Å². The van der Waals surface area contributed by atoms with Crippen molar-refractivity contribution in [2.45, 2.75) is 6.92 Å². The fourth-order valence-electron chi connectivity index (χ4n) is 1.37. The molecule has 0 saturated heterocycles. The van der Waals surface area contributed by atoms with E-state index in [9.17, 15) is 10.1 Å². The standard InChI is InChI=1S/C9H8N2O2/c1-6-4-7-2-3-8(11(12)13)5-9(7)10-6/h2-5,10H,1H3. The van der Waals surface area contributed by atoms with Gasteiger partial charge >= 0.3 is 0 Å². The van der Waals surface area contributed by atoms with Crippen LogP contribution in [0.4, 0.5) is 5.69 Å². The summed E-state index contributed by atoms with van der Waals surface area (Å²) in [5.41, 5.74) is 1.94. The molecule has 2 rings (SSSR count). The van der Waals surface area contributed by atoms with E-state index in [2.05, 4.69) is 4.98 Å². The van der Waals surface area contributed by atoms with Crippen molar-refractivity contribution in [3.63, 3.8) is 0 Å². The highest BCUT2D eigenvalue weighted by Gasteiger charge is 2.06. The molecule has 4 nitrogen and oxygen atoms in total. The third-order valence-electron chi connectivity index (χ3n) is 1.95. The quantitative estimate of drug-likeness (QED) is 0.535. The molecular weight excluding hydrogens is 168 g/mol. The normalized spacial score (nSPS) is 10.5. The van der Waals surface area contributed by atoms with Gasteiger partial charge in [-0.15, -0.1) is 0 Å². The average molecular weight is 176 g/mol. The lowest BCUT2D eigenvalue weighted by Gasteiger charge is -1.90. The van der Waals surface area contributed by atoms with Crippen LogP contribution in [0.3, 0.4) is 0 Å². The average Bonchev–Trinajstić information content (AvgIpc) is 2.42. The first-order chi connectivity index (χ1) is 6.16. The summed E-state index contributed by atoms with van der Waals surface area (Å²) in [5, 5.41) is 11.4. The first-order valence-electron chi connectivity index (χ1n) is 3.90. The topological polar surface area (TPSA) is 58.9 Å². The van der Waals surface area contributed by atoms with E-state index in [1.165, 1.54) is 6.07 Å². The van der Waals surface area contributed by atoms with Crippen molar-refractivity contribution in [2.24, 2.45) is 0 Å². The van der Waals surface area contributed by atoms with Crippen LogP contribution in [0.2, 0.25) is 0 Å². The first kappa shape index (κ1) is 7.79. The second-order valence-corrected chi connectivity index (χ2v) is 2.98. The molecule has 1 heterocycles. The number of fused-ring (bicyclic) bond motifs is 1. The monoisotopic (exact) mass is 176 g/mol. The van der Waals surface area contributed by atoms with Crippen LogP contribution in [0.15, 0.2) is 24.3 Å². The number of benzene rings is 1. The smallest absolute Gasteiger partial charge is 0.271 e. The van der Waals surface area contributed by atoms with Crippen molar-refractivity contribution in [1.82, 2.24) is 4.98 Å². The largest absolute Gasteiger partial charge is 0.358 e. The van der Waals surface area contributed by atoms with Crippen molar-refractivity contribution in [3.05, 3.63) is 40.1 Å². The Balaban J connectivity index is 2.67. The summed E-state index contributed by atoms with van der Waals surface area (Å²) in [5.74, 6) is 0. The Morgan fingerprint density at radius 1 is 1.38 bits per heavy atom. The van der Waals surface area contributed by atoms with E-state index in [1.807, 2.05) is 13.0 Å². The van der Waals surface area contributed by atoms with Gasteiger partial charge in [0, 0.05) is 23.2 Å². The summed E-state index contributed by atoms with van der Waals surface area (Å²) in [4.78, 5) is 13.1. The zero-order chi connectivity index (χ0) is 9.42. The molecule has 0 saturated carbocycles. The molecule has 13 heavy (non-hydrogen) atoms. The number of rotatable bonds is 1. The number of non-ortho nitro benzene ring substituents is 1. The van der Waals surface area contributed by atoms with Gasteiger partial charge in [0.25, 0.3) is 5.69 Å². The van der Waals surface area contributed by atoms with Gasteiger partial charge in [-0.05, 0) is 19.1 Å². The van der Waals surface area contributed by atoms with Gasteiger partial charge in [-0.1, -0.05) is 0 Å². The Kier molecular flexibility index (Phi) is 1.55. The number of nitrogens with zero attached hydrogens (tertiary/aromatic N) is 1. The lowest BCUT2D eigenvalue weighted by Crippen LogP contribution is -1.86. The summed E-state index contributed by atoms with van der Waals surface area (Å²) in [6.07, 6.45) is 0. The molecule has 0 amide bonds. The number of nitrogens with one attached hydrogen (secondary N) is 1. The van der Waals surface area contributed by atoms with E-state index >= 15 is 0 Å². The lowest BCUT2D eigenvalue weighted by molar-refractivity contribution is -0.384. The third kappa shape index (κ3) is 1.26. The molecule has 0 aliphatic carbocycles. The molecule has 0 aliphatic heterocycles. The Hall–Kier alpha value is -1.84. The molecule has 0 aliphatic rings. The van der Waals surface area contributed by atoms with Crippen molar-refractivity contribution in [3.8, 4) is 0 Å². The first-order valence-corrected chi connectivity index (χ1v) is 3.90. The van der Waals surface area contributed by atoms with Gasteiger partial charge < -0.3 is 4.98 Å². The molecule has 1 aromatic heterocycles. The fourth-order valence-corrected chi connectivity index (χ4v) is 1.37. The zero-order valence-corrected chi connectivity index (χ0v) is 7.07. The molecule has 0 fully saturated rings. The summed E-state index contributed by atoms with van der Waals surface area (Å²) in [7, 11) is 0. The Morgan fingerprint density at radius 2 is 2.15 bits per heavy atom. The Labute approximate surface area is 74.3 Å². The van der Waals surface area contributed by atoms with E-state index in [4.69, 9.17) is 0 Å². The summed E-state index contributed by atoms with van der Waals surface area (Å²) >= 11 is 0. The third-order valence-corrected chi connectivity index (χ3v) is 1.95. The van der Waals surface area contributed by atoms with Gasteiger partial charge in [-0.2, -0.15) is 0 Å². The Morgan fingerprint density at radius 3 is 2.85 bits per heavy atom. The van der Waals surface area contributed by atoms with Gasteiger partial charge in [-0.3, -0.25) is 10.1 Å². The van der Waals surface area contributed by atoms with Crippen LogP contribution in [0.25, 0.3) is 10.9 Å². The maximum absolute atomic E-state index is 10.4. The summed E-state index contributed by atoms with van der Waals surface area (Å²) < 4.78 is 0. The predicted molar refractivity (Wildman–Crippen MR) is 49.7 cm³/mol. The number of aromatic amines is 1. The molecule has 66 valence electrons.